The smallest absolute Gasteiger partial charge is 0.237 e. The number of nitrogens with one attached hydrogen (secondary N) is 1. The summed E-state index contributed by atoms with van der Waals surface area (Å²) in [4.78, 5) is 24.3. The minimum Gasteiger partial charge on any atom is -0.325 e. The summed E-state index contributed by atoms with van der Waals surface area (Å²) in [5, 5.41) is 3.29. The molecule has 2 aliphatic carbocycles. The van der Waals surface area contributed by atoms with Crippen molar-refractivity contribution in [1.82, 2.24) is 9.97 Å². The lowest BCUT2D eigenvalue weighted by atomic mass is 9.63. The van der Waals surface area contributed by atoms with Gasteiger partial charge >= 0.3 is 0 Å². The molecule has 1 aromatic heterocycles. The van der Waals surface area contributed by atoms with Crippen molar-refractivity contribution in [3.05, 3.63) is 64.0 Å². The number of rotatable bonds is 2. The summed E-state index contributed by atoms with van der Waals surface area (Å²) < 4.78 is 0. The van der Waals surface area contributed by atoms with Gasteiger partial charge in [0.05, 0.1) is 27.8 Å². The van der Waals surface area contributed by atoms with E-state index in [1.165, 1.54) is 16.7 Å². The molecule has 5 rings (SSSR count). The summed E-state index contributed by atoms with van der Waals surface area (Å²) in [5.41, 5.74) is 8.14. The summed E-state index contributed by atoms with van der Waals surface area (Å²) in [7, 11) is 0. The van der Waals surface area contributed by atoms with Crippen LogP contribution in [-0.2, 0) is 15.6 Å². The first-order valence-electron chi connectivity index (χ1n) is 11.2. The van der Waals surface area contributed by atoms with Crippen molar-refractivity contribution in [3.63, 3.8) is 0 Å². The summed E-state index contributed by atoms with van der Waals surface area (Å²) in [6.07, 6.45) is 1.74. The zero-order valence-electron chi connectivity index (χ0n) is 19.6. The van der Waals surface area contributed by atoms with E-state index in [0.29, 0.717) is 0 Å². The number of nitrogens with zero attached hydrogens (tertiary/aromatic N) is 2. The van der Waals surface area contributed by atoms with Crippen LogP contribution >= 0.6 is 0 Å². The van der Waals surface area contributed by atoms with Gasteiger partial charge in [0, 0.05) is 11.1 Å². The number of benzene rings is 2. The molecule has 1 heterocycles. The van der Waals surface area contributed by atoms with Gasteiger partial charge in [0.2, 0.25) is 5.91 Å². The zero-order chi connectivity index (χ0) is 22.3. The Hall–Kier alpha value is -2.75. The van der Waals surface area contributed by atoms with Gasteiger partial charge in [0.15, 0.2) is 0 Å². The molecule has 1 saturated carbocycles. The summed E-state index contributed by atoms with van der Waals surface area (Å²) in [6, 6.07) is 10.3. The van der Waals surface area contributed by atoms with E-state index in [0.717, 1.165) is 46.5 Å². The number of aromatic nitrogens is 2. The van der Waals surface area contributed by atoms with Crippen LogP contribution in [-0.4, -0.2) is 15.9 Å². The van der Waals surface area contributed by atoms with E-state index in [4.69, 9.17) is 9.97 Å². The monoisotopic (exact) mass is 413 g/mol. The van der Waals surface area contributed by atoms with Gasteiger partial charge in [0.25, 0.3) is 0 Å². The van der Waals surface area contributed by atoms with E-state index >= 15 is 0 Å². The number of aryl methyl sites for hydroxylation is 3. The van der Waals surface area contributed by atoms with E-state index in [1.54, 1.807) is 0 Å². The zero-order valence-corrected chi connectivity index (χ0v) is 19.6. The average molecular weight is 414 g/mol. The molecule has 0 spiro atoms. The fourth-order valence-electron chi connectivity index (χ4n) is 5.98. The molecule has 1 N–H and O–H groups in total. The minimum absolute atomic E-state index is 0.0474. The van der Waals surface area contributed by atoms with E-state index in [9.17, 15) is 4.79 Å². The molecular formula is C27H31N3O. The molecule has 1 fully saturated rings. The SMILES string of the molecule is Cc1cc2nc3c(nc2cc1C)C1(C(=O)Nc2cccc(C)c2C)CCC3(C)C1(C)C. The Morgan fingerprint density at radius 3 is 2.13 bits per heavy atom. The Morgan fingerprint density at radius 2 is 1.48 bits per heavy atom. The molecular weight excluding hydrogens is 382 g/mol. The van der Waals surface area contributed by atoms with Crippen molar-refractivity contribution in [2.24, 2.45) is 5.41 Å². The van der Waals surface area contributed by atoms with Gasteiger partial charge in [-0.05, 0) is 86.4 Å². The van der Waals surface area contributed by atoms with Crippen LogP contribution in [0, 0.1) is 33.1 Å². The van der Waals surface area contributed by atoms with Crippen LogP contribution in [0.3, 0.4) is 0 Å². The maximum absolute atomic E-state index is 14.1. The second-order valence-corrected chi connectivity index (χ2v) is 10.4. The van der Waals surface area contributed by atoms with Gasteiger partial charge in [-0.1, -0.05) is 32.9 Å². The largest absolute Gasteiger partial charge is 0.325 e. The lowest BCUT2D eigenvalue weighted by Gasteiger charge is -2.39. The highest BCUT2D eigenvalue weighted by Crippen LogP contribution is 2.70. The molecule has 160 valence electrons. The average Bonchev–Trinajstić information content (AvgIpc) is 3.00. The molecule has 2 atom stereocenters. The number of carbonyl (C=O) groups excluding carboxylic acids is 1. The summed E-state index contributed by atoms with van der Waals surface area (Å²) in [6.45, 7) is 15.1. The van der Waals surface area contributed by atoms with Crippen molar-refractivity contribution in [1.29, 1.82) is 0 Å². The Kier molecular flexibility index (Phi) is 4.00. The van der Waals surface area contributed by atoms with Gasteiger partial charge in [-0.25, -0.2) is 9.97 Å². The minimum atomic E-state index is -0.687. The van der Waals surface area contributed by atoms with Crippen molar-refractivity contribution in [3.8, 4) is 0 Å². The summed E-state index contributed by atoms with van der Waals surface area (Å²) >= 11 is 0. The number of fused-ring (bicyclic) bond motifs is 6. The van der Waals surface area contributed by atoms with Gasteiger partial charge in [-0.15, -0.1) is 0 Å². The Labute approximate surface area is 184 Å². The molecule has 2 unspecified atom stereocenters. The van der Waals surface area contributed by atoms with Gasteiger partial charge in [-0.2, -0.15) is 0 Å². The van der Waals surface area contributed by atoms with Gasteiger partial charge in [0.1, 0.15) is 0 Å². The molecule has 0 radical (unpaired) electrons. The lowest BCUT2D eigenvalue weighted by molar-refractivity contribution is -0.125. The second-order valence-electron chi connectivity index (χ2n) is 10.4. The first-order chi connectivity index (χ1) is 14.5. The fourth-order valence-corrected chi connectivity index (χ4v) is 5.98. The number of amides is 1. The maximum atomic E-state index is 14.1. The second kappa shape index (κ2) is 6.15. The standard InChI is InChI=1S/C27H31N3O/c1-15-9-8-10-19(18(15)4)30-24(31)27-12-11-26(7,25(27,5)6)22-23(27)29-21-14-17(3)16(2)13-20(21)28-22/h8-10,13-14H,11-12H2,1-7H3,(H,30,31). The molecule has 2 aliphatic rings. The van der Waals surface area contributed by atoms with Crippen LogP contribution in [0.5, 0.6) is 0 Å². The van der Waals surface area contributed by atoms with Crippen LogP contribution < -0.4 is 5.32 Å². The van der Waals surface area contributed by atoms with Crippen molar-refractivity contribution >= 4 is 22.6 Å². The number of hydrogen-bond acceptors (Lipinski definition) is 3. The Morgan fingerprint density at radius 1 is 0.871 bits per heavy atom. The van der Waals surface area contributed by atoms with Crippen LogP contribution in [0.4, 0.5) is 5.69 Å². The predicted molar refractivity (Wildman–Crippen MR) is 126 cm³/mol. The highest BCUT2D eigenvalue weighted by Gasteiger charge is 2.73. The highest BCUT2D eigenvalue weighted by molar-refractivity contribution is 6.02. The predicted octanol–water partition coefficient (Wildman–Crippen LogP) is 5.83. The van der Waals surface area contributed by atoms with Crippen LogP contribution in [0.1, 0.15) is 67.3 Å². The Balaban J connectivity index is 1.72. The molecule has 31 heavy (non-hydrogen) atoms. The van der Waals surface area contributed by atoms with E-state index < -0.39 is 5.41 Å². The number of carbonyl (C=O) groups is 1. The molecule has 0 aliphatic heterocycles. The molecule has 3 aromatic rings. The topological polar surface area (TPSA) is 54.9 Å². The molecule has 2 bridgehead atoms. The molecule has 0 saturated heterocycles. The molecule has 2 aromatic carbocycles. The normalized spacial score (nSPS) is 25.6. The lowest BCUT2D eigenvalue weighted by Crippen LogP contribution is -2.48. The maximum Gasteiger partial charge on any atom is 0.237 e. The van der Waals surface area contributed by atoms with Crippen LogP contribution in [0.15, 0.2) is 30.3 Å². The highest BCUT2D eigenvalue weighted by atomic mass is 16.2. The molecule has 1 amide bonds. The first-order valence-corrected chi connectivity index (χ1v) is 11.2. The van der Waals surface area contributed by atoms with Gasteiger partial charge < -0.3 is 5.32 Å². The first kappa shape index (κ1) is 20.2. The van der Waals surface area contributed by atoms with Crippen LogP contribution in [0.2, 0.25) is 0 Å². The van der Waals surface area contributed by atoms with Crippen molar-refractivity contribution in [2.45, 2.75) is 72.1 Å². The molecule has 4 nitrogen and oxygen atoms in total. The molecule has 4 heteroatoms. The van der Waals surface area contributed by atoms with E-state index in [2.05, 4.69) is 72.0 Å². The van der Waals surface area contributed by atoms with Crippen LogP contribution in [0.25, 0.3) is 11.0 Å². The summed E-state index contributed by atoms with van der Waals surface area (Å²) in [5.74, 6) is 0.0474. The third kappa shape index (κ3) is 2.34. The third-order valence-corrected chi connectivity index (χ3v) is 8.89. The van der Waals surface area contributed by atoms with Crippen molar-refractivity contribution in [2.75, 3.05) is 5.32 Å². The quantitative estimate of drug-likeness (QED) is 0.575. The fraction of sp³-hybridized carbons (Fsp3) is 0.444. The van der Waals surface area contributed by atoms with E-state index in [1.807, 2.05) is 12.1 Å². The number of hydrogen-bond donors (Lipinski definition) is 1. The number of anilines is 1. The Bertz CT molecular complexity index is 1280. The van der Waals surface area contributed by atoms with Gasteiger partial charge in [-0.3, -0.25) is 4.79 Å². The third-order valence-electron chi connectivity index (χ3n) is 8.89. The van der Waals surface area contributed by atoms with Crippen molar-refractivity contribution < 1.29 is 4.79 Å². The van der Waals surface area contributed by atoms with E-state index in [-0.39, 0.29) is 16.7 Å².